The van der Waals surface area contributed by atoms with Crippen LogP contribution in [-0.2, 0) is 24.4 Å². The first kappa shape index (κ1) is 27.9. The van der Waals surface area contributed by atoms with Gasteiger partial charge in [0.05, 0.1) is 36.4 Å². The molecule has 1 N–H and O–H groups in total. The molecule has 6 heterocycles. The van der Waals surface area contributed by atoms with Crippen LogP contribution >= 0.6 is 11.6 Å². The van der Waals surface area contributed by atoms with E-state index in [1.54, 1.807) is 18.3 Å². The van der Waals surface area contributed by atoms with Crippen LogP contribution in [-0.4, -0.2) is 65.4 Å². The monoisotopic (exact) mass is 602 g/mol. The molecule has 1 atom stereocenters. The van der Waals surface area contributed by atoms with Crippen molar-refractivity contribution in [1.29, 1.82) is 0 Å². The highest BCUT2D eigenvalue weighted by molar-refractivity contribution is 6.30. The van der Waals surface area contributed by atoms with Crippen LogP contribution < -0.4 is 4.74 Å². The summed E-state index contributed by atoms with van der Waals surface area (Å²) in [5.74, 6) is 2.86. The molecule has 0 aliphatic carbocycles. The van der Waals surface area contributed by atoms with Crippen molar-refractivity contribution in [2.24, 2.45) is 0 Å². The zero-order chi connectivity index (χ0) is 29.3. The highest BCUT2D eigenvalue weighted by atomic mass is 35.5. The number of aromatic nitrogens is 7. The Morgan fingerprint density at radius 1 is 1.12 bits per heavy atom. The number of pyridine rings is 2. The van der Waals surface area contributed by atoms with Crippen LogP contribution in [0.25, 0.3) is 22.6 Å². The van der Waals surface area contributed by atoms with Gasteiger partial charge in [0, 0.05) is 29.0 Å². The maximum absolute atomic E-state index is 14.3. The van der Waals surface area contributed by atoms with Crippen LogP contribution in [0.1, 0.15) is 48.0 Å². The summed E-state index contributed by atoms with van der Waals surface area (Å²) in [4.78, 5) is 19.8. The first-order chi connectivity index (χ1) is 21.0. The van der Waals surface area contributed by atoms with Gasteiger partial charge in [0.1, 0.15) is 29.8 Å². The summed E-state index contributed by atoms with van der Waals surface area (Å²) < 4.78 is 28.4. The molecule has 5 aromatic rings. The third-order valence-corrected chi connectivity index (χ3v) is 8.54. The number of likely N-dealkylation sites (tertiary alicyclic amines) is 1. The summed E-state index contributed by atoms with van der Waals surface area (Å²) in [6.45, 7) is 6.09. The molecule has 0 unspecified atom stereocenters. The lowest BCUT2D eigenvalue weighted by molar-refractivity contribution is -0.0592. The van der Waals surface area contributed by atoms with Crippen LogP contribution in [0.3, 0.4) is 0 Å². The fraction of sp³-hybridized carbons (Fsp3) is 0.387. The van der Waals surface area contributed by atoms with Crippen molar-refractivity contribution in [1.82, 2.24) is 39.6 Å². The van der Waals surface area contributed by atoms with Gasteiger partial charge >= 0.3 is 0 Å². The molecular weight excluding hydrogens is 571 g/mol. The Kier molecular flexibility index (Phi) is 7.77. The molecule has 222 valence electrons. The highest BCUT2D eigenvalue weighted by Gasteiger charge is 2.27. The number of halogens is 2. The summed E-state index contributed by atoms with van der Waals surface area (Å²) in [6.07, 6.45) is 6.76. The van der Waals surface area contributed by atoms with E-state index in [4.69, 9.17) is 26.1 Å². The van der Waals surface area contributed by atoms with E-state index in [0.29, 0.717) is 28.2 Å². The van der Waals surface area contributed by atoms with E-state index in [9.17, 15) is 4.39 Å². The normalized spacial score (nSPS) is 17.8. The number of ether oxygens (including phenoxy) is 2. The molecule has 0 radical (unpaired) electrons. The van der Waals surface area contributed by atoms with Crippen LogP contribution in [0.15, 0.2) is 48.8 Å². The van der Waals surface area contributed by atoms with Crippen LogP contribution in [0.2, 0.25) is 5.02 Å². The molecule has 43 heavy (non-hydrogen) atoms. The third-order valence-electron chi connectivity index (χ3n) is 8.31. The summed E-state index contributed by atoms with van der Waals surface area (Å²) >= 11 is 5.90. The Morgan fingerprint density at radius 3 is 2.72 bits per heavy atom. The Labute approximate surface area is 253 Å². The molecule has 12 heteroatoms. The summed E-state index contributed by atoms with van der Waals surface area (Å²) in [5.41, 5.74) is 4.11. The number of hydrogen-bond acceptors (Lipinski definition) is 8. The molecule has 2 aliphatic heterocycles. The number of benzene rings is 1. The van der Waals surface area contributed by atoms with Crippen LogP contribution in [0, 0.1) is 12.7 Å². The van der Waals surface area contributed by atoms with Crippen molar-refractivity contribution in [3.05, 3.63) is 82.4 Å². The van der Waals surface area contributed by atoms with Crippen molar-refractivity contribution in [3.63, 3.8) is 0 Å². The van der Waals surface area contributed by atoms with Gasteiger partial charge in [-0.25, -0.2) is 14.4 Å². The van der Waals surface area contributed by atoms with E-state index >= 15 is 0 Å². The molecule has 7 rings (SSSR count). The average molecular weight is 603 g/mol. The summed E-state index contributed by atoms with van der Waals surface area (Å²) in [6, 6.07) is 10.6. The Balaban J connectivity index is 1.05. The highest BCUT2D eigenvalue weighted by Crippen LogP contribution is 2.34. The topological polar surface area (TPSA) is 107 Å². The lowest BCUT2D eigenvalue weighted by atomic mass is 9.90. The van der Waals surface area contributed by atoms with Gasteiger partial charge in [0.25, 0.3) is 0 Å². The molecule has 2 fully saturated rings. The lowest BCUT2D eigenvalue weighted by Crippen LogP contribution is -2.35. The molecule has 2 aliphatic rings. The Morgan fingerprint density at radius 2 is 1.98 bits per heavy atom. The molecule has 0 saturated carbocycles. The summed E-state index contributed by atoms with van der Waals surface area (Å²) in [5, 5.41) is 8.62. The first-order valence-corrected chi connectivity index (χ1v) is 15.0. The van der Waals surface area contributed by atoms with Crippen molar-refractivity contribution in [3.8, 4) is 17.4 Å². The van der Waals surface area contributed by atoms with Gasteiger partial charge in [-0.05, 0) is 69.5 Å². The third kappa shape index (κ3) is 5.97. The molecular formula is C31H32ClFN8O2. The number of nitrogens with one attached hydrogen (secondary N) is 1. The summed E-state index contributed by atoms with van der Waals surface area (Å²) in [7, 11) is 0. The minimum atomic E-state index is -0.381. The minimum absolute atomic E-state index is 0.0966. The Hall–Kier alpha value is -3.93. The zero-order valence-corrected chi connectivity index (χ0v) is 24.6. The Bertz CT molecular complexity index is 1750. The number of H-pyrrole nitrogens is 1. The van der Waals surface area contributed by atoms with Crippen molar-refractivity contribution < 1.29 is 13.9 Å². The lowest BCUT2D eigenvalue weighted by Gasteiger charge is -2.33. The van der Waals surface area contributed by atoms with E-state index in [1.807, 2.05) is 25.3 Å². The van der Waals surface area contributed by atoms with Gasteiger partial charge in [0.2, 0.25) is 5.88 Å². The van der Waals surface area contributed by atoms with Gasteiger partial charge in [-0.1, -0.05) is 23.7 Å². The average Bonchev–Trinajstić information content (AvgIpc) is 3.57. The SMILES string of the molecule is Cc1nnc(-c2cc3nc(CN4CCC(c5cccnc5OCc5ccc(Cl)cc5F)CC4)n(C[C@@H]4CCO4)c3cn2)[nH]1. The zero-order valence-electron chi connectivity index (χ0n) is 23.8. The second-order valence-electron chi connectivity index (χ2n) is 11.2. The van der Waals surface area contributed by atoms with E-state index in [1.165, 1.54) is 6.07 Å². The molecule has 1 aromatic carbocycles. The number of hydrogen-bond donors (Lipinski definition) is 1. The van der Waals surface area contributed by atoms with Gasteiger partial charge in [-0.15, -0.1) is 10.2 Å². The number of rotatable bonds is 9. The number of aryl methyl sites for hydroxylation is 1. The molecule has 10 nitrogen and oxygen atoms in total. The second kappa shape index (κ2) is 12.0. The molecule has 0 amide bonds. The predicted octanol–water partition coefficient (Wildman–Crippen LogP) is 5.46. The minimum Gasteiger partial charge on any atom is -0.472 e. The van der Waals surface area contributed by atoms with Crippen molar-refractivity contribution in [2.45, 2.75) is 57.9 Å². The van der Waals surface area contributed by atoms with Crippen LogP contribution in [0.4, 0.5) is 4.39 Å². The number of imidazole rings is 1. The quantitative estimate of drug-likeness (QED) is 0.237. The fourth-order valence-electron chi connectivity index (χ4n) is 5.84. The molecule has 4 aromatic heterocycles. The van der Waals surface area contributed by atoms with E-state index in [2.05, 4.69) is 40.7 Å². The van der Waals surface area contributed by atoms with Gasteiger partial charge < -0.3 is 19.0 Å². The second-order valence-corrected chi connectivity index (χ2v) is 11.6. The van der Waals surface area contributed by atoms with E-state index in [0.717, 1.165) is 86.0 Å². The predicted molar refractivity (Wildman–Crippen MR) is 159 cm³/mol. The number of piperidine rings is 1. The molecule has 2 saturated heterocycles. The van der Waals surface area contributed by atoms with Gasteiger partial charge in [0.15, 0.2) is 5.82 Å². The number of nitrogens with zero attached hydrogens (tertiary/aromatic N) is 7. The smallest absolute Gasteiger partial charge is 0.217 e. The maximum atomic E-state index is 14.3. The largest absolute Gasteiger partial charge is 0.472 e. The van der Waals surface area contributed by atoms with Gasteiger partial charge in [-0.3, -0.25) is 9.88 Å². The van der Waals surface area contributed by atoms with Crippen molar-refractivity contribution >= 4 is 22.6 Å². The molecule has 0 spiro atoms. The van der Waals surface area contributed by atoms with E-state index in [-0.39, 0.29) is 18.5 Å². The van der Waals surface area contributed by atoms with Crippen molar-refractivity contribution in [2.75, 3.05) is 19.7 Å². The number of aromatic amines is 1. The number of fused-ring (bicyclic) bond motifs is 1. The molecule has 0 bridgehead atoms. The maximum Gasteiger partial charge on any atom is 0.217 e. The standard InChI is InChI=1S/C31H32ClFN8O2/c1-19-36-30(39-38-19)27-14-26-28(15-35-27)41(16-23-8-12-42-23)29(37-26)17-40-10-6-20(7-11-40)24-3-2-9-34-31(24)43-18-21-4-5-22(32)13-25(21)33/h2-5,9,13-15,20,23H,6-8,10-12,16-18H2,1H3,(H,36,38,39)/t23-/m0/s1. The first-order valence-electron chi connectivity index (χ1n) is 14.6. The van der Waals surface area contributed by atoms with Crippen LogP contribution in [0.5, 0.6) is 5.88 Å². The fourth-order valence-corrected chi connectivity index (χ4v) is 6.00. The van der Waals surface area contributed by atoms with Gasteiger partial charge in [-0.2, -0.15) is 0 Å². The van der Waals surface area contributed by atoms with E-state index < -0.39 is 0 Å².